The van der Waals surface area contributed by atoms with Gasteiger partial charge >= 0.3 is 5.97 Å². The molecule has 1 aromatic heterocycles. The van der Waals surface area contributed by atoms with Crippen LogP contribution in [0.2, 0.25) is 0 Å². The quantitative estimate of drug-likeness (QED) is 0.843. The second-order valence-corrected chi connectivity index (χ2v) is 6.47. The maximum Gasteiger partial charge on any atom is 0.352 e. The Morgan fingerprint density at radius 1 is 1.42 bits per heavy atom. The van der Waals surface area contributed by atoms with E-state index in [1.165, 1.54) is 25.8 Å². The summed E-state index contributed by atoms with van der Waals surface area (Å²) in [5.41, 5.74) is 0.692. The lowest BCUT2D eigenvalue weighted by Gasteiger charge is -2.27. The number of carboxylic acid groups (broad SMARTS) is 1. The van der Waals surface area contributed by atoms with Crippen LogP contribution in [0.15, 0.2) is 12.3 Å². The van der Waals surface area contributed by atoms with Gasteiger partial charge < -0.3 is 9.67 Å². The van der Waals surface area contributed by atoms with Gasteiger partial charge in [-0.05, 0) is 32.1 Å². The third-order valence-electron chi connectivity index (χ3n) is 3.93. The number of hydrogen-bond acceptors (Lipinski definition) is 3. The SMILES string of the molecule is CSC1(Cn2cc(C(C)=O)cc2C(=O)O)CCCC1. The predicted molar refractivity (Wildman–Crippen MR) is 76.1 cm³/mol. The first-order chi connectivity index (χ1) is 8.97. The Morgan fingerprint density at radius 2 is 2.05 bits per heavy atom. The third kappa shape index (κ3) is 2.86. The zero-order valence-electron chi connectivity index (χ0n) is 11.3. The van der Waals surface area contributed by atoms with Crippen LogP contribution in [0.5, 0.6) is 0 Å². The van der Waals surface area contributed by atoms with Gasteiger partial charge in [0.1, 0.15) is 5.69 Å². The molecule has 2 rings (SSSR count). The predicted octanol–water partition coefficient (Wildman–Crippen LogP) is 3.06. The number of aromatic carboxylic acids is 1. The van der Waals surface area contributed by atoms with Crippen LogP contribution in [-0.2, 0) is 6.54 Å². The van der Waals surface area contributed by atoms with Crippen LogP contribution in [0.25, 0.3) is 0 Å². The van der Waals surface area contributed by atoms with Crippen LogP contribution in [0.4, 0.5) is 0 Å². The van der Waals surface area contributed by atoms with Crippen LogP contribution in [-0.4, -0.2) is 32.4 Å². The van der Waals surface area contributed by atoms with Gasteiger partial charge in [0.2, 0.25) is 0 Å². The highest BCUT2D eigenvalue weighted by molar-refractivity contribution is 8.00. The molecule has 4 nitrogen and oxygen atoms in total. The van der Waals surface area contributed by atoms with E-state index < -0.39 is 5.97 Å². The van der Waals surface area contributed by atoms with E-state index in [0.717, 1.165) is 12.8 Å². The molecule has 0 aromatic carbocycles. The van der Waals surface area contributed by atoms with Crippen LogP contribution in [0, 0.1) is 0 Å². The van der Waals surface area contributed by atoms with E-state index in [0.29, 0.717) is 12.1 Å². The molecule has 0 radical (unpaired) electrons. The largest absolute Gasteiger partial charge is 0.477 e. The summed E-state index contributed by atoms with van der Waals surface area (Å²) in [6.07, 6.45) is 8.39. The number of hydrogen-bond donors (Lipinski definition) is 1. The maximum absolute atomic E-state index is 11.4. The van der Waals surface area contributed by atoms with Crippen molar-refractivity contribution in [1.82, 2.24) is 4.57 Å². The maximum atomic E-state index is 11.4. The Balaban J connectivity index is 2.32. The number of aromatic nitrogens is 1. The van der Waals surface area contributed by atoms with E-state index in [9.17, 15) is 14.7 Å². The summed E-state index contributed by atoms with van der Waals surface area (Å²) >= 11 is 1.81. The molecule has 104 valence electrons. The number of carbonyl (C=O) groups excluding carboxylic acids is 1. The number of carboxylic acids is 1. The molecule has 1 N–H and O–H groups in total. The van der Waals surface area contributed by atoms with Gasteiger partial charge in [0.25, 0.3) is 0 Å². The summed E-state index contributed by atoms with van der Waals surface area (Å²) in [4.78, 5) is 22.7. The third-order valence-corrected chi connectivity index (χ3v) is 5.33. The molecule has 1 aliphatic rings. The number of Topliss-reactive ketones (excluding diaryl/α,β-unsaturated/α-hetero) is 1. The minimum absolute atomic E-state index is 0.0918. The number of carbonyl (C=O) groups is 2. The minimum atomic E-state index is -0.971. The normalized spacial score (nSPS) is 17.6. The second kappa shape index (κ2) is 5.41. The van der Waals surface area contributed by atoms with Crippen LogP contribution in [0.3, 0.4) is 0 Å². The van der Waals surface area contributed by atoms with E-state index in [1.54, 1.807) is 10.8 Å². The van der Waals surface area contributed by atoms with Crippen molar-refractivity contribution in [3.05, 3.63) is 23.5 Å². The average Bonchev–Trinajstić information content (AvgIpc) is 2.97. The Morgan fingerprint density at radius 3 is 2.53 bits per heavy atom. The lowest BCUT2D eigenvalue weighted by molar-refractivity contribution is 0.0684. The molecule has 19 heavy (non-hydrogen) atoms. The fraction of sp³-hybridized carbons (Fsp3) is 0.571. The van der Waals surface area contributed by atoms with Crippen molar-refractivity contribution in [2.45, 2.75) is 43.9 Å². The standard InChI is InChI=1S/C14H19NO3S/c1-10(16)11-7-12(13(17)18)15(8-11)9-14(19-2)5-3-4-6-14/h7-8H,3-6,9H2,1-2H3,(H,17,18). The molecule has 1 saturated carbocycles. The Hall–Kier alpha value is -1.23. The molecule has 1 aliphatic carbocycles. The van der Waals surface area contributed by atoms with Crippen molar-refractivity contribution in [2.75, 3.05) is 6.26 Å². The van der Waals surface area contributed by atoms with Gasteiger partial charge in [-0.1, -0.05) is 12.8 Å². The van der Waals surface area contributed by atoms with Gasteiger partial charge in [0, 0.05) is 23.1 Å². The topological polar surface area (TPSA) is 59.3 Å². The van der Waals surface area contributed by atoms with Crippen molar-refractivity contribution < 1.29 is 14.7 Å². The fourth-order valence-corrected chi connectivity index (χ4v) is 3.73. The van der Waals surface area contributed by atoms with E-state index >= 15 is 0 Å². The summed E-state index contributed by atoms with van der Waals surface area (Å²) in [7, 11) is 0. The Labute approximate surface area is 117 Å². The molecular weight excluding hydrogens is 262 g/mol. The zero-order valence-corrected chi connectivity index (χ0v) is 12.1. The summed E-state index contributed by atoms with van der Waals surface area (Å²) in [6, 6.07) is 1.48. The number of nitrogens with zero attached hydrogens (tertiary/aromatic N) is 1. The van der Waals surface area contributed by atoms with Crippen LogP contribution >= 0.6 is 11.8 Å². The summed E-state index contributed by atoms with van der Waals surface area (Å²) < 4.78 is 1.86. The van der Waals surface area contributed by atoms with Crippen LogP contribution < -0.4 is 0 Å². The summed E-state index contributed by atoms with van der Waals surface area (Å²) in [6.45, 7) is 2.13. The molecule has 0 unspecified atom stereocenters. The number of thioether (sulfide) groups is 1. The van der Waals surface area contributed by atoms with Gasteiger partial charge in [-0.15, -0.1) is 0 Å². The number of rotatable bonds is 5. The molecule has 1 heterocycles. The van der Waals surface area contributed by atoms with Gasteiger partial charge in [0.05, 0.1) is 0 Å². The fourth-order valence-electron chi connectivity index (χ4n) is 2.77. The van der Waals surface area contributed by atoms with Crippen molar-refractivity contribution in [3.8, 4) is 0 Å². The second-order valence-electron chi connectivity index (χ2n) is 5.20. The molecule has 0 aliphatic heterocycles. The first kappa shape index (κ1) is 14.2. The van der Waals surface area contributed by atoms with E-state index in [-0.39, 0.29) is 16.2 Å². The zero-order chi connectivity index (χ0) is 14.0. The van der Waals surface area contributed by atoms with E-state index in [4.69, 9.17) is 0 Å². The highest BCUT2D eigenvalue weighted by Crippen LogP contribution is 2.41. The molecule has 0 spiro atoms. The molecule has 0 saturated heterocycles. The molecule has 0 bridgehead atoms. The van der Waals surface area contributed by atoms with Crippen molar-refractivity contribution in [2.24, 2.45) is 0 Å². The van der Waals surface area contributed by atoms with Gasteiger partial charge in [-0.3, -0.25) is 4.79 Å². The molecule has 5 heteroatoms. The number of ketones is 1. The highest BCUT2D eigenvalue weighted by Gasteiger charge is 2.34. The first-order valence-corrected chi connectivity index (χ1v) is 7.69. The van der Waals surface area contributed by atoms with Crippen molar-refractivity contribution in [3.63, 3.8) is 0 Å². The lowest BCUT2D eigenvalue weighted by Crippen LogP contribution is -2.28. The Kier molecular flexibility index (Phi) is 4.04. The molecule has 1 aromatic rings. The van der Waals surface area contributed by atoms with Crippen LogP contribution in [0.1, 0.15) is 53.5 Å². The first-order valence-electron chi connectivity index (χ1n) is 6.47. The molecule has 0 amide bonds. The summed E-state index contributed by atoms with van der Waals surface area (Å²) in [5, 5.41) is 9.25. The molecule has 0 atom stereocenters. The van der Waals surface area contributed by atoms with Gasteiger partial charge in [-0.2, -0.15) is 11.8 Å². The lowest BCUT2D eigenvalue weighted by atomic mass is 10.1. The highest BCUT2D eigenvalue weighted by atomic mass is 32.2. The van der Waals surface area contributed by atoms with Crippen molar-refractivity contribution in [1.29, 1.82) is 0 Å². The summed E-state index contributed by atoms with van der Waals surface area (Å²) in [5.74, 6) is -1.06. The average molecular weight is 281 g/mol. The van der Waals surface area contributed by atoms with Gasteiger partial charge in [-0.25, -0.2) is 4.79 Å². The van der Waals surface area contributed by atoms with E-state index in [1.807, 2.05) is 11.8 Å². The minimum Gasteiger partial charge on any atom is -0.477 e. The smallest absolute Gasteiger partial charge is 0.352 e. The van der Waals surface area contributed by atoms with E-state index in [2.05, 4.69) is 6.26 Å². The monoisotopic (exact) mass is 281 g/mol. The molecule has 1 fully saturated rings. The Bertz CT molecular complexity index is 501. The molecular formula is C14H19NO3S. The van der Waals surface area contributed by atoms with Crippen molar-refractivity contribution >= 4 is 23.5 Å². The van der Waals surface area contributed by atoms with Gasteiger partial charge in [0.15, 0.2) is 5.78 Å².